The molecule has 0 aromatic carbocycles. The normalized spacial score (nSPS) is 18.1. The number of hydrogen-bond acceptors (Lipinski definition) is 8. The summed E-state index contributed by atoms with van der Waals surface area (Å²) in [4.78, 5) is 14.1. The Balaban J connectivity index is 1.29. The number of furan rings is 1. The fourth-order valence-electron chi connectivity index (χ4n) is 4.56. The van der Waals surface area contributed by atoms with Gasteiger partial charge in [-0.15, -0.1) is 21.5 Å². The Kier molecular flexibility index (Phi) is 7.33. The Labute approximate surface area is 206 Å². The average molecular weight is 498 g/mol. The van der Waals surface area contributed by atoms with Crippen LogP contribution in [0.1, 0.15) is 54.5 Å². The van der Waals surface area contributed by atoms with Crippen LogP contribution in [0.2, 0.25) is 0 Å². The van der Waals surface area contributed by atoms with Crippen molar-refractivity contribution in [3.8, 4) is 17.7 Å². The number of aromatic nitrogens is 3. The molecular formula is C24H27N5O3S2. The molecule has 4 heterocycles. The lowest BCUT2D eigenvalue weighted by Crippen LogP contribution is -2.18. The van der Waals surface area contributed by atoms with Gasteiger partial charge >= 0.3 is 0 Å². The van der Waals surface area contributed by atoms with Crippen LogP contribution >= 0.6 is 23.1 Å². The highest BCUT2D eigenvalue weighted by Crippen LogP contribution is 2.37. The van der Waals surface area contributed by atoms with E-state index in [1.54, 1.807) is 17.6 Å². The van der Waals surface area contributed by atoms with E-state index in [0.717, 1.165) is 50.7 Å². The molecule has 178 valence electrons. The highest BCUT2D eigenvalue weighted by atomic mass is 32.2. The molecule has 8 nitrogen and oxygen atoms in total. The number of ether oxygens (including phenoxy) is 1. The second-order valence-corrected chi connectivity index (χ2v) is 10.6. The molecule has 1 amide bonds. The van der Waals surface area contributed by atoms with Gasteiger partial charge in [0.05, 0.1) is 30.2 Å². The van der Waals surface area contributed by atoms with Crippen molar-refractivity contribution < 1.29 is 13.9 Å². The van der Waals surface area contributed by atoms with Crippen LogP contribution in [-0.2, 0) is 28.9 Å². The van der Waals surface area contributed by atoms with Gasteiger partial charge in [-0.05, 0) is 56.2 Å². The van der Waals surface area contributed by atoms with Crippen LogP contribution in [-0.4, -0.2) is 39.1 Å². The highest BCUT2D eigenvalue weighted by Gasteiger charge is 2.24. The molecular weight excluding hydrogens is 470 g/mol. The zero-order valence-corrected chi connectivity index (χ0v) is 20.6. The molecule has 1 saturated heterocycles. The van der Waals surface area contributed by atoms with E-state index in [2.05, 4.69) is 21.6 Å². The van der Waals surface area contributed by atoms with Gasteiger partial charge in [0, 0.05) is 11.5 Å². The number of thiophene rings is 1. The number of carbonyl (C=O) groups excluding carboxylic acids is 1. The topological polar surface area (TPSA) is 106 Å². The summed E-state index contributed by atoms with van der Waals surface area (Å²) in [7, 11) is 0. The van der Waals surface area contributed by atoms with E-state index < -0.39 is 0 Å². The molecule has 1 atom stereocenters. The van der Waals surface area contributed by atoms with Crippen molar-refractivity contribution in [2.75, 3.05) is 17.7 Å². The SMILES string of the molecule is N#Cc1c(NC(=O)CSc2nnc(-c3ccco3)n2C[C@@H]2CCCO2)sc2c1CCCCCC2. The number of thioether (sulfide) groups is 1. The third-order valence-electron chi connectivity index (χ3n) is 6.24. The standard InChI is InChI=1S/C24H27N5O3S2/c25-13-18-17-8-3-1-2-4-10-20(17)34-23(18)26-21(30)15-33-24-28-27-22(19-9-6-12-32-19)29(24)14-16-7-5-11-31-16/h6,9,12,16H,1-5,7-8,10-11,14-15H2,(H,26,30)/t16-/m0/s1. The molecule has 0 spiro atoms. The van der Waals surface area contributed by atoms with Crippen LogP contribution < -0.4 is 5.32 Å². The minimum Gasteiger partial charge on any atom is -0.461 e. The van der Waals surface area contributed by atoms with E-state index in [1.807, 2.05) is 16.7 Å². The van der Waals surface area contributed by atoms with Gasteiger partial charge in [-0.2, -0.15) is 5.26 Å². The molecule has 1 fully saturated rings. The second-order valence-electron chi connectivity index (χ2n) is 8.60. The first kappa shape index (κ1) is 23.1. The molecule has 1 aliphatic carbocycles. The third-order valence-corrected chi connectivity index (χ3v) is 8.41. The first-order valence-corrected chi connectivity index (χ1v) is 13.6. The minimum atomic E-state index is -0.151. The van der Waals surface area contributed by atoms with E-state index in [4.69, 9.17) is 9.15 Å². The molecule has 34 heavy (non-hydrogen) atoms. The third kappa shape index (κ3) is 5.06. The maximum atomic E-state index is 12.9. The first-order valence-electron chi connectivity index (χ1n) is 11.8. The van der Waals surface area contributed by atoms with E-state index in [9.17, 15) is 10.1 Å². The van der Waals surface area contributed by atoms with Crippen LogP contribution in [0.25, 0.3) is 11.6 Å². The van der Waals surface area contributed by atoms with Crippen molar-refractivity contribution in [2.24, 2.45) is 0 Å². The molecule has 3 aromatic rings. The Morgan fingerprint density at radius 2 is 2.15 bits per heavy atom. The van der Waals surface area contributed by atoms with E-state index in [0.29, 0.717) is 33.9 Å². The molecule has 2 aliphatic rings. The Morgan fingerprint density at radius 3 is 2.91 bits per heavy atom. The van der Waals surface area contributed by atoms with Crippen molar-refractivity contribution in [1.82, 2.24) is 14.8 Å². The van der Waals surface area contributed by atoms with Crippen LogP contribution in [0.5, 0.6) is 0 Å². The fraction of sp³-hybridized carbons (Fsp3) is 0.500. The van der Waals surface area contributed by atoms with Crippen LogP contribution in [0.4, 0.5) is 5.00 Å². The lowest BCUT2D eigenvalue weighted by atomic mass is 9.97. The van der Waals surface area contributed by atoms with Gasteiger partial charge in [0.25, 0.3) is 0 Å². The van der Waals surface area contributed by atoms with Crippen LogP contribution in [0.15, 0.2) is 28.0 Å². The van der Waals surface area contributed by atoms with Crippen molar-refractivity contribution in [3.63, 3.8) is 0 Å². The number of carbonyl (C=O) groups is 1. The number of hydrogen-bond donors (Lipinski definition) is 1. The van der Waals surface area contributed by atoms with Gasteiger partial charge in [-0.1, -0.05) is 24.6 Å². The van der Waals surface area contributed by atoms with Crippen LogP contribution in [0, 0.1) is 11.3 Å². The maximum Gasteiger partial charge on any atom is 0.235 e. The second kappa shape index (κ2) is 10.8. The number of fused-ring (bicyclic) bond motifs is 1. The first-order chi connectivity index (χ1) is 16.7. The fourth-order valence-corrected chi connectivity index (χ4v) is 6.56. The zero-order chi connectivity index (χ0) is 23.3. The largest absolute Gasteiger partial charge is 0.461 e. The predicted molar refractivity (Wildman–Crippen MR) is 131 cm³/mol. The molecule has 0 unspecified atom stereocenters. The van der Waals surface area contributed by atoms with E-state index in [-0.39, 0.29) is 17.8 Å². The van der Waals surface area contributed by atoms with Gasteiger partial charge in [0.1, 0.15) is 11.1 Å². The summed E-state index contributed by atoms with van der Waals surface area (Å²) in [5.41, 5.74) is 1.77. The number of nitrogens with one attached hydrogen (secondary N) is 1. The molecule has 5 rings (SSSR count). The summed E-state index contributed by atoms with van der Waals surface area (Å²) >= 11 is 2.89. The monoisotopic (exact) mass is 497 g/mol. The Bertz CT molecular complexity index is 1170. The van der Waals surface area contributed by atoms with Gasteiger partial charge in [-0.25, -0.2) is 0 Å². The van der Waals surface area contributed by atoms with E-state index in [1.165, 1.54) is 29.5 Å². The van der Waals surface area contributed by atoms with E-state index >= 15 is 0 Å². The molecule has 10 heteroatoms. The number of aryl methyl sites for hydroxylation is 1. The Hall–Kier alpha value is -2.61. The number of nitrogens with zero attached hydrogens (tertiary/aromatic N) is 4. The summed E-state index contributed by atoms with van der Waals surface area (Å²) in [6.07, 6.45) is 10.3. The predicted octanol–water partition coefficient (Wildman–Crippen LogP) is 5.04. The number of amides is 1. The summed E-state index contributed by atoms with van der Waals surface area (Å²) in [5, 5.41) is 22.7. The van der Waals surface area contributed by atoms with Gasteiger partial charge in [-0.3, -0.25) is 9.36 Å². The number of rotatable bonds is 7. The molecule has 0 bridgehead atoms. The quantitative estimate of drug-likeness (QED) is 0.456. The summed E-state index contributed by atoms with van der Waals surface area (Å²) < 4.78 is 13.3. The number of anilines is 1. The zero-order valence-electron chi connectivity index (χ0n) is 18.9. The lowest BCUT2D eigenvalue weighted by Gasteiger charge is -2.13. The van der Waals surface area contributed by atoms with Crippen molar-refractivity contribution in [2.45, 2.75) is 69.2 Å². The molecule has 1 aliphatic heterocycles. The Morgan fingerprint density at radius 1 is 1.26 bits per heavy atom. The van der Waals surface area contributed by atoms with Gasteiger partial charge < -0.3 is 14.5 Å². The summed E-state index contributed by atoms with van der Waals surface area (Å²) in [6, 6.07) is 6.01. The van der Waals surface area contributed by atoms with Crippen molar-refractivity contribution in [3.05, 3.63) is 34.4 Å². The lowest BCUT2D eigenvalue weighted by molar-refractivity contribution is -0.113. The highest BCUT2D eigenvalue weighted by molar-refractivity contribution is 7.99. The molecule has 1 N–H and O–H groups in total. The summed E-state index contributed by atoms with van der Waals surface area (Å²) in [6.45, 7) is 1.38. The summed E-state index contributed by atoms with van der Waals surface area (Å²) in [5.74, 6) is 1.29. The molecule has 3 aromatic heterocycles. The molecule has 0 saturated carbocycles. The average Bonchev–Trinajstić information content (AvgIpc) is 3.61. The smallest absolute Gasteiger partial charge is 0.235 e. The number of nitriles is 1. The molecule has 0 radical (unpaired) electrons. The maximum absolute atomic E-state index is 12.9. The van der Waals surface area contributed by atoms with Crippen molar-refractivity contribution >= 4 is 34.0 Å². The van der Waals surface area contributed by atoms with Gasteiger partial charge in [0.15, 0.2) is 10.9 Å². The van der Waals surface area contributed by atoms with Crippen molar-refractivity contribution in [1.29, 1.82) is 5.26 Å². The van der Waals surface area contributed by atoms with Crippen LogP contribution in [0.3, 0.4) is 0 Å². The minimum absolute atomic E-state index is 0.0988. The van der Waals surface area contributed by atoms with Gasteiger partial charge in [0.2, 0.25) is 11.7 Å².